The molecule has 2 heterocycles. The first-order chi connectivity index (χ1) is 15.0. The Morgan fingerprint density at radius 2 is 1.26 bits per heavy atom. The smallest absolute Gasteiger partial charge is 0.224 e. The van der Waals surface area contributed by atoms with Crippen LogP contribution in [0.25, 0.3) is 39.5 Å². The summed E-state index contributed by atoms with van der Waals surface area (Å²) in [4.78, 5) is 9.73. The second-order valence-corrected chi connectivity index (χ2v) is 9.22. The van der Waals surface area contributed by atoms with E-state index in [1.54, 1.807) is 35.0 Å². The predicted molar refractivity (Wildman–Crippen MR) is 120 cm³/mol. The number of hydrogen-bond donors (Lipinski definition) is 0. The van der Waals surface area contributed by atoms with Crippen LogP contribution in [0.4, 0.5) is 0 Å². The van der Waals surface area contributed by atoms with Crippen molar-refractivity contribution in [3.8, 4) is 33.8 Å². The zero-order valence-corrected chi connectivity index (χ0v) is 17.5. The number of aromatic nitrogens is 4. The van der Waals surface area contributed by atoms with Crippen LogP contribution < -0.4 is 0 Å². The van der Waals surface area contributed by atoms with Crippen LogP contribution in [-0.4, -0.2) is 34.3 Å². The molecule has 0 fully saturated rings. The maximum absolute atomic E-state index is 11.7. The van der Waals surface area contributed by atoms with Crippen LogP contribution in [-0.2, 0) is 9.84 Å². The fourth-order valence-electron chi connectivity index (χ4n) is 3.42. The van der Waals surface area contributed by atoms with Crippen LogP contribution in [0.3, 0.4) is 0 Å². The average molecular weight is 427 g/mol. The molecule has 0 aliphatic heterocycles. The highest BCUT2D eigenvalue weighted by molar-refractivity contribution is 7.90. The molecule has 0 saturated heterocycles. The molecule has 0 amide bonds. The summed E-state index contributed by atoms with van der Waals surface area (Å²) in [7, 11) is -3.25. The van der Waals surface area contributed by atoms with Crippen molar-refractivity contribution in [1.29, 1.82) is 0 Å². The highest BCUT2D eigenvalue weighted by Crippen LogP contribution is 2.29. The number of benzene rings is 3. The van der Waals surface area contributed by atoms with Crippen LogP contribution in [0.2, 0.25) is 0 Å². The lowest BCUT2D eigenvalue weighted by molar-refractivity contribution is 0.602. The average Bonchev–Trinajstić information content (AvgIpc) is 3.22. The van der Waals surface area contributed by atoms with Gasteiger partial charge in [0.2, 0.25) is 0 Å². The fourth-order valence-corrected chi connectivity index (χ4v) is 4.05. The molecule has 0 radical (unpaired) electrons. The van der Waals surface area contributed by atoms with E-state index in [0.717, 1.165) is 28.1 Å². The van der Waals surface area contributed by atoms with Gasteiger partial charge in [-0.2, -0.15) is 5.10 Å². The third kappa shape index (κ3) is 3.71. The van der Waals surface area contributed by atoms with E-state index in [2.05, 4.69) is 4.98 Å². The molecular formula is C24H18N4O2S. The minimum atomic E-state index is -3.25. The third-order valence-corrected chi connectivity index (χ3v) is 6.11. The first kappa shape index (κ1) is 19.1. The minimum absolute atomic E-state index is 0.272. The zero-order valence-electron chi connectivity index (χ0n) is 16.7. The van der Waals surface area contributed by atoms with Crippen LogP contribution in [0, 0.1) is 0 Å². The van der Waals surface area contributed by atoms with Gasteiger partial charge in [-0.15, -0.1) is 0 Å². The normalized spacial score (nSPS) is 11.6. The molecule has 7 heteroatoms. The molecule has 0 unspecified atom stereocenters. The standard InChI is InChI=1S/C24H18N4O2S/c1-31(29,30)20-14-12-17(13-15-20)21-16-28-24(25-21)26-22(18-8-4-2-5-9-18)23(27-28)19-10-6-3-7-11-19/h2-16H,1H3. The fraction of sp³-hybridized carbons (Fsp3) is 0.0417. The van der Waals surface area contributed by atoms with Gasteiger partial charge in [-0.1, -0.05) is 72.8 Å². The Morgan fingerprint density at radius 1 is 0.677 bits per heavy atom. The molecule has 3 aromatic carbocycles. The van der Waals surface area contributed by atoms with Crippen molar-refractivity contribution < 1.29 is 8.42 Å². The number of sulfone groups is 1. The molecule has 5 rings (SSSR count). The quantitative estimate of drug-likeness (QED) is 0.422. The monoisotopic (exact) mass is 426 g/mol. The number of rotatable bonds is 4. The van der Waals surface area contributed by atoms with Crippen molar-refractivity contribution in [2.24, 2.45) is 0 Å². The van der Waals surface area contributed by atoms with E-state index in [0.29, 0.717) is 11.5 Å². The molecule has 0 aliphatic carbocycles. The van der Waals surface area contributed by atoms with Crippen LogP contribution >= 0.6 is 0 Å². The Kier molecular flexibility index (Phi) is 4.60. The van der Waals surface area contributed by atoms with E-state index in [9.17, 15) is 8.42 Å². The maximum Gasteiger partial charge on any atom is 0.251 e. The van der Waals surface area contributed by atoms with E-state index in [1.165, 1.54) is 6.26 Å². The largest absolute Gasteiger partial charge is 0.251 e. The molecule has 5 aromatic rings. The van der Waals surface area contributed by atoms with E-state index in [1.807, 2.05) is 60.7 Å². The van der Waals surface area contributed by atoms with Crippen molar-refractivity contribution in [2.75, 3.05) is 6.26 Å². The lowest BCUT2D eigenvalue weighted by atomic mass is 10.0. The van der Waals surface area contributed by atoms with Gasteiger partial charge in [-0.05, 0) is 12.1 Å². The minimum Gasteiger partial charge on any atom is -0.224 e. The van der Waals surface area contributed by atoms with E-state index in [4.69, 9.17) is 10.1 Å². The summed E-state index contributed by atoms with van der Waals surface area (Å²) in [5, 5.41) is 4.82. The van der Waals surface area contributed by atoms with Gasteiger partial charge < -0.3 is 0 Å². The molecule has 0 spiro atoms. The Morgan fingerprint density at radius 3 is 1.84 bits per heavy atom. The van der Waals surface area contributed by atoms with Gasteiger partial charge in [0.05, 0.1) is 16.8 Å². The van der Waals surface area contributed by atoms with Gasteiger partial charge in [0.15, 0.2) is 9.84 Å². The molecular weight excluding hydrogens is 408 g/mol. The van der Waals surface area contributed by atoms with Crippen molar-refractivity contribution in [3.63, 3.8) is 0 Å². The van der Waals surface area contributed by atoms with E-state index >= 15 is 0 Å². The Labute approximate surface area is 179 Å². The SMILES string of the molecule is CS(=O)(=O)c1ccc(-c2cn3nc(-c4ccccc4)c(-c4ccccc4)nc3n2)cc1. The first-order valence-corrected chi connectivity index (χ1v) is 11.6. The number of hydrogen-bond acceptors (Lipinski definition) is 5. The second kappa shape index (κ2) is 7.45. The highest BCUT2D eigenvalue weighted by Gasteiger charge is 2.16. The van der Waals surface area contributed by atoms with Crippen molar-refractivity contribution in [3.05, 3.63) is 91.1 Å². The van der Waals surface area contributed by atoms with Crippen LogP contribution in [0.1, 0.15) is 0 Å². The summed E-state index contributed by atoms with van der Waals surface area (Å²) in [6, 6.07) is 26.5. The summed E-state index contributed by atoms with van der Waals surface area (Å²) in [6.07, 6.45) is 3.00. The van der Waals surface area contributed by atoms with Crippen molar-refractivity contribution in [2.45, 2.75) is 4.90 Å². The zero-order chi connectivity index (χ0) is 21.4. The molecule has 0 bridgehead atoms. The van der Waals surface area contributed by atoms with Gasteiger partial charge in [0.1, 0.15) is 11.4 Å². The second-order valence-electron chi connectivity index (χ2n) is 7.21. The van der Waals surface area contributed by atoms with Gasteiger partial charge in [-0.25, -0.2) is 22.9 Å². The molecule has 0 saturated carbocycles. The highest BCUT2D eigenvalue weighted by atomic mass is 32.2. The number of nitrogens with zero attached hydrogens (tertiary/aromatic N) is 4. The van der Waals surface area contributed by atoms with Gasteiger partial charge >= 0.3 is 0 Å². The van der Waals surface area contributed by atoms with Gasteiger partial charge in [-0.3, -0.25) is 0 Å². The Bertz CT molecular complexity index is 1400. The molecule has 0 atom stereocenters. The summed E-state index contributed by atoms with van der Waals surface area (Å²) < 4.78 is 25.1. The summed E-state index contributed by atoms with van der Waals surface area (Å²) >= 11 is 0. The van der Waals surface area contributed by atoms with Gasteiger partial charge in [0.25, 0.3) is 5.78 Å². The third-order valence-electron chi connectivity index (χ3n) is 4.99. The number of fused-ring (bicyclic) bond motifs is 1. The predicted octanol–water partition coefficient (Wildman–Crippen LogP) is 4.53. The van der Waals surface area contributed by atoms with Crippen LogP contribution in [0.15, 0.2) is 96.0 Å². The van der Waals surface area contributed by atoms with Crippen molar-refractivity contribution >= 4 is 15.6 Å². The lowest BCUT2D eigenvalue weighted by Crippen LogP contribution is -2.00. The molecule has 152 valence electrons. The molecule has 6 nitrogen and oxygen atoms in total. The topological polar surface area (TPSA) is 77.2 Å². The van der Waals surface area contributed by atoms with E-state index in [-0.39, 0.29) is 4.90 Å². The molecule has 31 heavy (non-hydrogen) atoms. The maximum atomic E-state index is 11.7. The Hall–Kier alpha value is -3.84. The first-order valence-electron chi connectivity index (χ1n) is 9.68. The Balaban J connectivity index is 1.67. The van der Waals surface area contributed by atoms with Gasteiger partial charge in [0, 0.05) is 22.9 Å². The molecule has 0 aliphatic rings. The lowest BCUT2D eigenvalue weighted by Gasteiger charge is -2.08. The molecule has 0 N–H and O–H groups in total. The van der Waals surface area contributed by atoms with E-state index < -0.39 is 9.84 Å². The summed E-state index contributed by atoms with van der Waals surface area (Å²) in [5.74, 6) is 0.473. The van der Waals surface area contributed by atoms with Crippen LogP contribution in [0.5, 0.6) is 0 Å². The molecule has 2 aromatic heterocycles. The number of imidazole rings is 1. The summed E-state index contributed by atoms with van der Waals surface area (Å²) in [6.45, 7) is 0. The van der Waals surface area contributed by atoms with Crippen molar-refractivity contribution in [1.82, 2.24) is 19.6 Å². The summed E-state index contributed by atoms with van der Waals surface area (Å²) in [5.41, 5.74) is 4.90.